The molecule has 0 saturated heterocycles. The molecule has 14 heavy (non-hydrogen) atoms. The minimum Gasteiger partial charge on any atom is -0.379 e. The smallest absolute Gasteiger partial charge is 0.333 e. The molecule has 0 aliphatic heterocycles. The Balaban J connectivity index is 2.91. The Kier molecular flexibility index (Phi) is 3.41. The molecule has 0 atom stereocenters. The van der Waals surface area contributed by atoms with E-state index < -0.39 is 0 Å². The highest BCUT2D eigenvalue weighted by Crippen LogP contribution is 2.03. The Morgan fingerprint density at radius 1 is 1.57 bits per heavy atom. The molecule has 0 aliphatic rings. The highest BCUT2D eigenvalue weighted by molar-refractivity contribution is 5.95. The molecule has 0 saturated carbocycles. The lowest BCUT2D eigenvalue weighted by molar-refractivity contribution is -0.468. The number of nitrogen functional groups attached to an aromatic ring is 1. The molecule has 0 fully saturated rings. The minimum absolute atomic E-state index is 0.223. The van der Waals surface area contributed by atoms with Gasteiger partial charge in [0.05, 0.1) is 20.7 Å². The predicted octanol–water partition coefficient (Wildman–Crippen LogP) is -0.788. The molecule has 0 aliphatic carbocycles. The zero-order chi connectivity index (χ0) is 10.6. The normalized spacial score (nSPS) is 9.93. The van der Waals surface area contributed by atoms with E-state index in [0.29, 0.717) is 18.1 Å². The van der Waals surface area contributed by atoms with E-state index in [1.807, 2.05) is 21.0 Å². The Hall–Kier alpha value is -1.63. The third-order valence-electron chi connectivity index (χ3n) is 1.50. The molecule has 1 rings (SSSR count). The lowest BCUT2D eigenvalue weighted by atomic mass is 10.4. The molecule has 78 valence electrons. The molecule has 0 spiro atoms. The second-order valence-electron chi connectivity index (χ2n) is 2.78. The van der Waals surface area contributed by atoms with Gasteiger partial charge in [-0.05, 0) is 17.2 Å². The van der Waals surface area contributed by atoms with Crippen LogP contribution in [0.4, 0.5) is 5.82 Å². The third-order valence-corrected chi connectivity index (χ3v) is 1.50. The number of hydrogen-bond donors (Lipinski definition) is 2. The fourth-order valence-electron chi connectivity index (χ4n) is 0.852. The maximum Gasteiger partial charge on any atom is 0.333 e. The zero-order valence-electron chi connectivity index (χ0n) is 8.44. The largest absolute Gasteiger partial charge is 0.379 e. The Bertz CT molecular complexity index is 329. The molecule has 7 nitrogen and oxygen atoms in total. The molecule has 1 aromatic rings. The summed E-state index contributed by atoms with van der Waals surface area (Å²) in [4.78, 5) is 5.04. The lowest BCUT2D eigenvalue weighted by Crippen LogP contribution is -2.32. The van der Waals surface area contributed by atoms with Crippen molar-refractivity contribution in [2.75, 3.05) is 26.4 Å². The Morgan fingerprint density at radius 2 is 2.29 bits per heavy atom. The fraction of sp³-hybridized carbons (Fsp3) is 0.571. The van der Waals surface area contributed by atoms with Gasteiger partial charge in [0.1, 0.15) is 0 Å². The van der Waals surface area contributed by atoms with Crippen LogP contribution in [0.15, 0.2) is 4.63 Å². The first-order chi connectivity index (χ1) is 6.66. The topological polar surface area (TPSA) is 89.2 Å². The van der Waals surface area contributed by atoms with Gasteiger partial charge < -0.3 is 5.73 Å². The van der Waals surface area contributed by atoms with Crippen LogP contribution in [0.3, 0.4) is 0 Å². The molecular weight excluding hydrogens is 186 g/mol. The first kappa shape index (κ1) is 10.5. The maximum atomic E-state index is 5.54. The van der Waals surface area contributed by atoms with Gasteiger partial charge in [0, 0.05) is 0 Å². The van der Waals surface area contributed by atoms with Crippen molar-refractivity contribution in [2.24, 2.45) is 0 Å². The summed E-state index contributed by atoms with van der Waals surface area (Å²) in [6.45, 7) is 2.40. The molecular formula is C7H14N5O2+. The van der Waals surface area contributed by atoms with Gasteiger partial charge in [0.2, 0.25) is 11.5 Å². The average molecular weight is 200 g/mol. The SMILES string of the molecule is CCONC(c1nonc1N)=[N+](C)C. The monoisotopic (exact) mass is 200 g/mol. The van der Waals surface area contributed by atoms with Crippen molar-refractivity contribution in [1.29, 1.82) is 0 Å². The van der Waals surface area contributed by atoms with Crippen molar-refractivity contribution in [2.45, 2.75) is 6.92 Å². The first-order valence-electron chi connectivity index (χ1n) is 4.17. The summed E-state index contributed by atoms with van der Waals surface area (Å²) in [6.07, 6.45) is 0. The predicted molar refractivity (Wildman–Crippen MR) is 49.7 cm³/mol. The summed E-state index contributed by atoms with van der Waals surface area (Å²) in [5, 5.41) is 7.13. The highest BCUT2D eigenvalue weighted by atomic mass is 16.6. The third kappa shape index (κ3) is 2.19. The van der Waals surface area contributed by atoms with Crippen molar-refractivity contribution in [1.82, 2.24) is 15.8 Å². The number of rotatable bonds is 3. The van der Waals surface area contributed by atoms with E-state index in [4.69, 9.17) is 10.6 Å². The van der Waals surface area contributed by atoms with E-state index in [1.54, 1.807) is 4.58 Å². The van der Waals surface area contributed by atoms with Crippen LogP contribution in [0.25, 0.3) is 0 Å². The summed E-state index contributed by atoms with van der Waals surface area (Å²) in [5.41, 5.74) is 8.69. The van der Waals surface area contributed by atoms with Gasteiger partial charge in [0.25, 0.3) is 0 Å². The number of nitrogens with zero attached hydrogens (tertiary/aromatic N) is 3. The molecule has 1 heterocycles. The molecule has 1 aromatic heterocycles. The van der Waals surface area contributed by atoms with Crippen LogP contribution in [0, 0.1) is 0 Å². The number of nitrogens with one attached hydrogen (secondary N) is 1. The lowest BCUT2D eigenvalue weighted by Gasteiger charge is -2.01. The fourth-order valence-corrected chi connectivity index (χ4v) is 0.852. The zero-order valence-corrected chi connectivity index (χ0v) is 8.44. The van der Waals surface area contributed by atoms with Crippen LogP contribution in [-0.2, 0) is 4.84 Å². The molecule has 0 aromatic carbocycles. The molecule has 0 radical (unpaired) electrons. The summed E-state index contributed by atoms with van der Waals surface area (Å²) < 4.78 is 6.26. The number of amidine groups is 1. The van der Waals surface area contributed by atoms with E-state index in [1.165, 1.54) is 0 Å². The number of aromatic nitrogens is 2. The van der Waals surface area contributed by atoms with Crippen molar-refractivity contribution in [3.8, 4) is 0 Å². The van der Waals surface area contributed by atoms with Gasteiger partial charge in [-0.15, -0.1) is 5.48 Å². The Morgan fingerprint density at radius 3 is 2.71 bits per heavy atom. The van der Waals surface area contributed by atoms with Crippen LogP contribution < -0.4 is 11.2 Å². The summed E-state index contributed by atoms with van der Waals surface area (Å²) in [6, 6.07) is 0. The molecule has 0 bridgehead atoms. The van der Waals surface area contributed by atoms with Crippen molar-refractivity contribution >= 4 is 11.7 Å². The summed E-state index contributed by atoms with van der Waals surface area (Å²) >= 11 is 0. The molecule has 3 N–H and O–H groups in total. The minimum atomic E-state index is 0.223. The van der Waals surface area contributed by atoms with Crippen LogP contribution in [-0.4, -0.2) is 41.4 Å². The first-order valence-corrected chi connectivity index (χ1v) is 4.17. The van der Waals surface area contributed by atoms with Gasteiger partial charge in [-0.2, -0.15) is 4.84 Å². The van der Waals surface area contributed by atoms with E-state index in [9.17, 15) is 0 Å². The second kappa shape index (κ2) is 4.56. The number of nitrogens with two attached hydrogens (primary N) is 1. The maximum absolute atomic E-state index is 5.54. The highest BCUT2D eigenvalue weighted by Gasteiger charge is 2.21. The molecule has 0 amide bonds. The van der Waals surface area contributed by atoms with E-state index in [2.05, 4.69) is 20.4 Å². The van der Waals surface area contributed by atoms with Gasteiger partial charge in [-0.3, -0.25) is 4.58 Å². The van der Waals surface area contributed by atoms with Crippen LogP contribution in [0.1, 0.15) is 12.6 Å². The van der Waals surface area contributed by atoms with Crippen LogP contribution >= 0.6 is 0 Å². The number of anilines is 1. The van der Waals surface area contributed by atoms with E-state index in [-0.39, 0.29) is 5.82 Å². The van der Waals surface area contributed by atoms with Crippen molar-refractivity contribution in [3.63, 3.8) is 0 Å². The van der Waals surface area contributed by atoms with Gasteiger partial charge in [-0.1, -0.05) is 0 Å². The summed E-state index contributed by atoms with van der Waals surface area (Å²) in [7, 11) is 3.66. The molecule has 7 heteroatoms. The van der Waals surface area contributed by atoms with Crippen LogP contribution in [0.5, 0.6) is 0 Å². The van der Waals surface area contributed by atoms with Crippen LogP contribution in [0.2, 0.25) is 0 Å². The van der Waals surface area contributed by atoms with E-state index in [0.717, 1.165) is 0 Å². The summed E-state index contributed by atoms with van der Waals surface area (Å²) in [5.74, 6) is 0.825. The molecule has 0 unspecified atom stereocenters. The number of hydrogen-bond acceptors (Lipinski definition) is 5. The van der Waals surface area contributed by atoms with Gasteiger partial charge >= 0.3 is 5.84 Å². The standard InChI is InChI=1S/C7H13N5O2/c1-4-13-11-7(12(2)3)5-6(8)10-14-9-5/h4H2,1-3H3,(H2,8,10)/p+1. The van der Waals surface area contributed by atoms with Crippen molar-refractivity contribution in [3.05, 3.63) is 5.69 Å². The second-order valence-corrected chi connectivity index (χ2v) is 2.78. The number of hydroxylamine groups is 1. The Labute approximate surface area is 81.5 Å². The van der Waals surface area contributed by atoms with E-state index >= 15 is 0 Å². The average Bonchev–Trinajstić information content (AvgIpc) is 2.52. The van der Waals surface area contributed by atoms with Gasteiger partial charge in [0.15, 0.2) is 0 Å². The van der Waals surface area contributed by atoms with Crippen molar-refractivity contribution < 1.29 is 14.0 Å². The quantitative estimate of drug-likeness (QED) is 0.288. The van der Waals surface area contributed by atoms with Gasteiger partial charge in [-0.25, -0.2) is 4.63 Å².